The van der Waals surface area contributed by atoms with Crippen molar-refractivity contribution in [3.8, 4) is 0 Å². The lowest BCUT2D eigenvalue weighted by Gasteiger charge is -2.14. The molecular weight excluding hydrogens is 256 g/mol. The number of amides is 1. The molecule has 1 aromatic rings. The third kappa shape index (κ3) is 4.73. The quantitative estimate of drug-likeness (QED) is 0.853. The van der Waals surface area contributed by atoms with Crippen LogP contribution in [0.15, 0.2) is 18.2 Å². The summed E-state index contributed by atoms with van der Waals surface area (Å²) in [5, 5.41) is 11.9. The van der Waals surface area contributed by atoms with Crippen LogP contribution in [0.4, 0.5) is 5.69 Å². The van der Waals surface area contributed by atoms with Gasteiger partial charge in [-0.1, -0.05) is 11.6 Å². The fourth-order valence-corrected chi connectivity index (χ4v) is 1.72. The molecule has 2 N–H and O–H groups in total. The van der Waals surface area contributed by atoms with Crippen LogP contribution in [-0.2, 0) is 9.59 Å². The van der Waals surface area contributed by atoms with E-state index < -0.39 is 5.97 Å². The van der Waals surface area contributed by atoms with Crippen LogP contribution < -0.4 is 5.32 Å². The molecule has 0 fully saturated rings. The summed E-state index contributed by atoms with van der Waals surface area (Å²) < 4.78 is 0. The SMILES string of the molecule is Cc1cc(Cl)ccc1NC(=O)CN(C)CC(=O)O. The van der Waals surface area contributed by atoms with Gasteiger partial charge in [-0.15, -0.1) is 0 Å². The maximum atomic E-state index is 11.7. The van der Waals surface area contributed by atoms with Crippen LogP contribution in [0.1, 0.15) is 5.56 Å². The largest absolute Gasteiger partial charge is 0.480 e. The van der Waals surface area contributed by atoms with Crippen molar-refractivity contribution in [3.63, 3.8) is 0 Å². The number of rotatable bonds is 5. The highest BCUT2D eigenvalue weighted by atomic mass is 35.5. The van der Waals surface area contributed by atoms with Crippen LogP contribution in [0.5, 0.6) is 0 Å². The van der Waals surface area contributed by atoms with Gasteiger partial charge in [0.1, 0.15) is 0 Å². The number of halogens is 1. The first kappa shape index (κ1) is 14.5. The van der Waals surface area contributed by atoms with Crippen molar-refractivity contribution in [1.29, 1.82) is 0 Å². The van der Waals surface area contributed by atoms with Crippen molar-refractivity contribution < 1.29 is 14.7 Å². The Morgan fingerprint density at radius 2 is 2.06 bits per heavy atom. The molecule has 18 heavy (non-hydrogen) atoms. The Labute approximate surface area is 110 Å². The molecule has 1 amide bonds. The lowest BCUT2D eigenvalue weighted by Crippen LogP contribution is -2.33. The van der Waals surface area contributed by atoms with E-state index in [0.29, 0.717) is 10.7 Å². The summed E-state index contributed by atoms with van der Waals surface area (Å²) in [5.41, 5.74) is 1.53. The molecule has 0 aliphatic rings. The minimum absolute atomic E-state index is 0.0222. The van der Waals surface area contributed by atoms with Crippen LogP contribution in [0, 0.1) is 6.92 Å². The van der Waals surface area contributed by atoms with Gasteiger partial charge >= 0.3 is 5.97 Å². The number of hydrogen-bond acceptors (Lipinski definition) is 3. The second-order valence-corrected chi connectivity index (χ2v) is 4.51. The van der Waals surface area contributed by atoms with Crippen LogP contribution in [0.3, 0.4) is 0 Å². The summed E-state index contributed by atoms with van der Waals surface area (Å²) in [5.74, 6) is -1.22. The van der Waals surface area contributed by atoms with E-state index in [1.165, 1.54) is 4.90 Å². The van der Waals surface area contributed by atoms with Gasteiger partial charge in [-0.05, 0) is 37.7 Å². The number of carboxylic acids is 1. The number of hydrogen-bond donors (Lipinski definition) is 2. The summed E-state index contributed by atoms with van der Waals surface area (Å²) >= 11 is 5.81. The molecule has 0 radical (unpaired) electrons. The first-order valence-electron chi connectivity index (χ1n) is 5.35. The van der Waals surface area contributed by atoms with E-state index in [2.05, 4.69) is 5.32 Å². The molecule has 0 aliphatic carbocycles. The molecule has 98 valence electrons. The molecule has 0 saturated carbocycles. The highest BCUT2D eigenvalue weighted by Crippen LogP contribution is 2.19. The molecule has 6 heteroatoms. The van der Waals surface area contributed by atoms with Crippen molar-refractivity contribution in [3.05, 3.63) is 28.8 Å². The second kappa shape index (κ2) is 6.37. The Bertz CT molecular complexity index is 463. The maximum Gasteiger partial charge on any atom is 0.317 e. The molecule has 0 spiro atoms. The van der Waals surface area contributed by atoms with Crippen molar-refractivity contribution in [1.82, 2.24) is 4.90 Å². The van der Waals surface area contributed by atoms with Crippen LogP contribution in [0.25, 0.3) is 0 Å². The molecule has 0 saturated heterocycles. The predicted molar refractivity (Wildman–Crippen MR) is 70.0 cm³/mol. The Morgan fingerprint density at radius 3 is 2.61 bits per heavy atom. The van der Waals surface area contributed by atoms with Crippen molar-refractivity contribution in [2.75, 3.05) is 25.5 Å². The van der Waals surface area contributed by atoms with Crippen LogP contribution in [0.2, 0.25) is 5.02 Å². The van der Waals surface area contributed by atoms with Gasteiger partial charge < -0.3 is 10.4 Å². The normalized spacial score (nSPS) is 10.4. The summed E-state index contributed by atoms with van der Waals surface area (Å²) in [6, 6.07) is 5.15. The first-order valence-corrected chi connectivity index (χ1v) is 5.72. The molecule has 1 aromatic carbocycles. The summed E-state index contributed by atoms with van der Waals surface area (Å²) in [6.07, 6.45) is 0. The number of carbonyl (C=O) groups excluding carboxylic acids is 1. The van der Waals surface area contributed by atoms with E-state index in [0.717, 1.165) is 5.56 Å². The molecule has 0 bridgehead atoms. The van der Waals surface area contributed by atoms with Crippen LogP contribution >= 0.6 is 11.6 Å². The van der Waals surface area contributed by atoms with Gasteiger partial charge in [-0.3, -0.25) is 14.5 Å². The average Bonchev–Trinajstić information content (AvgIpc) is 2.20. The predicted octanol–water partition coefficient (Wildman–Crippen LogP) is 1.60. The average molecular weight is 271 g/mol. The molecule has 0 aliphatic heterocycles. The van der Waals surface area contributed by atoms with Gasteiger partial charge in [0.15, 0.2) is 0 Å². The van der Waals surface area contributed by atoms with Crippen molar-refractivity contribution >= 4 is 29.2 Å². The molecule has 0 unspecified atom stereocenters. The number of likely N-dealkylation sites (N-methyl/N-ethyl adjacent to an activating group) is 1. The van der Waals surface area contributed by atoms with E-state index in [1.807, 2.05) is 6.92 Å². The lowest BCUT2D eigenvalue weighted by atomic mass is 10.2. The minimum Gasteiger partial charge on any atom is -0.480 e. The van der Waals surface area contributed by atoms with Crippen molar-refractivity contribution in [2.45, 2.75) is 6.92 Å². The zero-order valence-corrected chi connectivity index (χ0v) is 11.0. The van der Waals surface area contributed by atoms with E-state index in [4.69, 9.17) is 16.7 Å². The Kier molecular flexibility index (Phi) is 5.12. The number of carbonyl (C=O) groups is 2. The number of benzene rings is 1. The fraction of sp³-hybridized carbons (Fsp3) is 0.333. The van der Waals surface area contributed by atoms with Crippen LogP contribution in [-0.4, -0.2) is 42.0 Å². The van der Waals surface area contributed by atoms with Gasteiger partial charge in [0.25, 0.3) is 0 Å². The fourth-order valence-electron chi connectivity index (χ4n) is 1.49. The number of aliphatic carboxylic acids is 1. The summed E-state index contributed by atoms with van der Waals surface area (Å²) in [6.45, 7) is 1.68. The van der Waals surface area contributed by atoms with Gasteiger partial charge in [-0.25, -0.2) is 0 Å². The highest BCUT2D eigenvalue weighted by molar-refractivity contribution is 6.30. The maximum absolute atomic E-state index is 11.7. The third-order valence-corrected chi connectivity index (χ3v) is 2.52. The second-order valence-electron chi connectivity index (χ2n) is 4.07. The van der Waals surface area contributed by atoms with E-state index in [9.17, 15) is 9.59 Å². The Hall–Kier alpha value is -1.59. The Balaban J connectivity index is 2.56. The monoisotopic (exact) mass is 270 g/mol. The smallest absolute Gasteiger partial charge is 0.317 e. The number of aryl methyl sites for hydroxylation is 1. The Morgan fingerprint density at radius 1 is 1.39 bits per heavy atom. The van der Waals surface area contributed by atoms with Gasteiger partial charge in [-0.2, -0.15) is 0 Å². The standard InChI is InChI=1S/C12H15ClN2O3/c1-8-5-9(13)3-4-10(8)14-11(16)6-15(2)7-12(17)18/h3-5H,6-7H2,1-2H3,(H,14,16)(H,17,18). The minimum atomic E-state index is -0.965. The number of anilines is 1. The molecule has 1 rings (SSSR count). The third-order valence-electron chi connectivity index (χ3n) is 2.28. The summed E-state index contributed by atoms with van der Waals surface area (Å²) in [4.78, 5) is 23.5. The number of nitrogens with one attached hydrogen (secondary N) is 1. The molecular formula is C12H15ClN2O3. The zero-order chi connectivity index (χ0) is 13.7. The molecule has 0 aromatic heterocycles. The number of carboxylic acid groups (broad SMARTS) is 1. The first-order chi connectivity index (χ1) is 8.38. The lowest BCUT2D eigenvalue weighted by molar-refractivity contribution is -0.138. The summed E-state index contributed by atoms with van der Waals surface area (Å²) in [7, 11) is 1.57. The van der Waals surface area contributed by atoms with Crippen molar-refractivity contribution in [2.24, 2.45) is 0 Å². The van der Waals surface area contributed by atoms with Gasteiger partial charge in [0, 0.05) is 10.7 Å². The van der Waals surface area contributed by atoms with E-state index in [-0.39, 0.29) is 19.0 Å². The number of nitrogens with zero attached hydrogens (tertiary/aromatic N) is 1. The van der Waals surface area contributed by atoms with E-state index >= 15 is 0 Å². The molecule has 0 atom stereocenters. The molecule has 0 heterocycles. The van der Waals surface area contributed by atoms with Gasteiger partial charge in [0.2, 0.25) is 5.91 Å². The zero-order valence-electron chi connectivity index (χ0n) is 10.2. The van der Waals surface area contributed by atoms with E-state index in [1.54, 1.807) is 25.2 Å². The highest BCUT2D eigenvalue weighted by Gasteiger charge is 2.10. The molecule has 5 nitrogen and oxygen atoms in total. The topological polar surface area (TPSA) is 69.6 Å². The van der Waals surface area contributed by atoms with Gasteiger partial charge in [0.05, 0.1) is 13.1 Å².